The van der Waals surface area contributed by atoms with Crippen LogP contribution in [0, 0.1) is 11.8 Å². The molecule has 124 valence electrons. The molecule has 0 aromatic carbocycles. The van der Waals surface area contributed by atoms with E-state index in [2.05, 4.69) is 9.88 Å². The highest BCUT2D eigenvalue weighted by molar-refractivity contribution is 5.98. The van der Waals surface area contributed by atoms with Crippen molar-refractivity contribution < 1.29 is 4.79 Å². The predicted octanol–water partition coefficient (Wildman–Crippen LogP) is 2.08. The fourth-order valence-corrected chi connectivity index (χ4v) is 3.44. The number of nitrogens with zero attached hydrogens (tertiary/aromatic N) is 3. The Bertz CT molecular complexity index is 514. The van der Waals surface area contributed by atoms with Crippen molar-refractivity contribution in [3.05, 3.63) is 18.3 Å². The first-order chi connectivity index (χ1) is 9.72. The van der Waals surface area contributed by atoms with Crippen LogP contribution in [0.1, 0.15) is 19.3 Å². The van der Waals surface area contributed by atoms with Crippen molar-refractivity contribution >= 4 is 42.2 Å². The van der Waals surface area contributed by atoms with Gasteiger partial charge in [-0.2, -0.15) is 0 Å². The molecule has 1 aromatic heterocycles. The molecule has 2 atom stereocenters. The van der Waals surface area contributed by atoms with Crippen LogP contribution in [0.4, 0.5) is 11.5 Å². The highest BCUT2D eigenvalue weighted by Gasteiger charge is 2.37. The topological polar surface area (TPSA) is 62.5 Å². The number of likely N-dealkylation sites (N-methyl/N-ethyl adjacent to an activating group) is 1. The summed E-state index contributed by atoms with van der Waals surface area (Å²) in [7, 11) is 2.02. The Morgan fingerprint density at radius 1 is 1.36 bits per heavy atom. The van der Waals surface area contributed by atoms with E-state index in [-0.39, 0.29) is 36.6 Å². The number of hydrogen-bond donors (Lipinski definition) is 1. The van der Waals surface area contributed by atoms with Crippen molar-refractivity contribution in [3.8, 4) is 0 Å². The zero-order chi connectivity index (χ0) is 14.1. The maximum absolute atomic E-state index is 12.9. The van der Waals surface area contributed by atoms with Crippen LogP contribution >= 0.6 is 24.8 Å². The Balaban J connectivity index is 0.00000121. The highest BCUT2D eigenvalue weighted by Crippen LogP contribution is 2.36. The number of nitrogens with two attached hydrogens (primary N) is 1. The molecule has 22 heavy (non-hydrogen) atoms. The number of anilines is 2. The molecule has 1 fully saturated rings. The first-order valence-corrected chi connectivity index (χ1v) is 7.40. The van der Waals surface area contributed by atoms with Crippen molar-refractivity contribution in [2.24, 2.45) is 17.6 Å². The Kier molecular flexibility index (Phi) is 6.91. The molecule has 3 rings (SSSR count). The summed E-state index contributed by atoms with van der Waals surface area (Å²) in [6, 6.07) is 3.88. The van der Waals surface area contributed by atoms with E-state index in [1.54, 1.807) is 6.20 Å². The fraction of sp³-hybridized carbons (Fsp3) is 0.600. The van der Waals surface area contributed by atoms with Crippen LogP contribution in [-0.2, 0) is 4.79 Å². The first kappa shape index (κ1) is 19.0. The van der Waals surface area contributed by atoms with E-state index in [1.807, 2.05) is 24.1 Å². The second-order valence-corrected chi connectivity index (χ2v) is 5.79. The largest absolute Gasteiger partial charge is 0.356 e. The zero-order valence-corrected chi connectivity index (χ0v) is 14.4. The van der Waals surface area contributed by atoms with E-state index in [0.717, 1.165) is 43.9 Å². The van der Waals surface area contributed by atoms with Gasteiger partial charge in [0.15, 0.2) is 5.82 Å². The lowest BCUT2D eigenvalue weighted by atomic mass is 9.94. The summed E-state index contributed by atoms with van der Waals surface area (Å²) in [6.07, 6.45) is 4.96. The molecular formula is C15H24Cl2N4O. The number of aromatic nitrogens is 1. The van der Waals surface area contributed by atoms with Gasteiger partial charge < -0.3 is 15.5 Å². The summed E-state index contributed by atoms with van der Waals surface area (Å²) >= 11 is 0. The van der Waals surface area contributed by atoms with Crippen LogP contribution in [0.2, 0.25) is 0 Å². The van der Waals surface area contributed by atoms with E-state index in [0.29, 0.717) is 12.5 Å². The van der Waals surface area contributed by atoms with E-state index in [9.17, 15) is 4.79 Å². The second kappa shape index (κ2) is 7.99. The normalized spacial score (nSPS) is 23.4. The monoisotopic (exact) mass is 346 g/mol. The zero-order valence-electron chi connectivity index (χ0n) is 12.8. The van der Waals surface area contributed by atoms with Crippen LogP contribution in [0.5, 0.6) is 0 Å². The van der Waals surface area contributed by atoms with Gasteiger partial charge in [-0.25, -0.2) is 4.98 Å². The number of hydrogen-bond acceptors (Lipinski definition) is 4. The molecule has 2 heterocycles. The van der Waals surface area contributed by atoms with Crippen molar-refractivity contribution in [2.45, 2.75) is 19.3 Å². The van der Waals surface area contributed by atoms with Crippen molar-refractivity contribution in [2.75, 3.05) is 36.5 Å². The third kappa shape index (κ3) is 3.31. The molecule has 0 unspecified atom stereocenters. The molecule has 0 spiro atoms. The van der Waals surface area contributed by atoms with Gasteiger partial charge in [0, 0.05) is 32.3 Å². The summed E-state index contributed by atoms with van der Waals surface area (Å²) in [5.74, 6) is 1.58. The van der Waals surface area contributed by atoms with Crippen LogP contribution in [0.3, 0.4) is 0 Å². The van der Waals surface area contributed by atoms with Gasteiger partial charge >= 0.3 is 0 Å². The molecule has 2 N–H and O–H groups in total. The minimum absolute atomic E-state index is 0. The van der Waals surface area contributed by atoms with E-state index >= 15 is 0 Å². The average Bonchev–Trinajstić information content (AvgIpc) is 2.96. The Labute approximate surface area is 144 Å². The first-order valence-electron chi connectivity index (χ1n) is 7.40. The summed E-state index contributed by atoms with van der Waals surface area (Å²) in [5.41, 5.74) is 6.76. The van der Waals surface area contributed by atoms with Gasteiger partial charge in [0.2, 0.25) is 5.91 Å². The number of pyridine rings is 1. The summed E-state index contributed by atoms with van der Waals surface area (Å²) in [5, 5.41) is 0. The minimum atomic E-state index is 0. The second-order valence-electron chi connectivity index (χ2n) is 5.79. The SMILES string of the molecule is CN1CCN(C(=O)[C@@H]2CCC[C@@H]2CN)c2cccnc21.Cl.Cl. The molecule has 1 amide bonds. The van der Waals surface area contributed by atoms with Gasteiger partial charge in [0.1, 0.15) is 0 Å². The number of halogens is 2. The van der Waals surface area contributed by atoms with Gasteiger partial charge in [0.05, 0.1) is 5.69 Å². The van der Waals surface area contributed by atoms with Gasteiger partial charge in [0.25, 0.3) is 0 Å². The lowest BCUT2D eigenvalue weighted by molar-refractivity contribution is -0.123. The van der Waals surface area contributed by atoms with Crippen molar-refractivity contribution in [1.29, 1.82) is 0 Å². The molecule has 5 nitrogen and oxygen atoms in total. The van der Waals surface area contributed by atoms with Gasteiger partial charge in [-0.1, -0.05) is 6.42 Å². The predicted molar refractivity (Wildman–Crippen MR) is 94.2 cm³/mol. The molecule has 0 radical (unpaired) electrons. The lowest BCUT2D eigenvalue weighted by Crippen LogP contribution is -2.46. The number of rotatable bonds is 2. The quantitative estimate of drug-likeness (QED) is 0.890. The molecule has 0 saturated heterocycles. The average molecular weight is 347 g/mol. The van der Waals surface area contributed by atoms with E-state index in [1.165, 1.54) is 0 Å². The van der Waals surface area contributed by atoms with Crippen LogP contribution < -0.4 is 15.5 Å². The third-order valence-electron chi connectivity index (χ3n) is 4.62. The highest BCUT2D eigenvalue weighted by atomic mass is 35.5. The molecular weight excluding hydrogens is 323 g/mol. The maximum atomic E-state index is 12.9. The molecule has 7 heteroatoms. The third-order valence-corrected chi connectivity index (χ3v) is 4.62. The lowest BCUT2D eigenvalue weighted by Gasteiger charge is -2.36. The van der Waals surface area contributed by atoms with E-state index in [4.69, 9.17) is 5.73 Å². The molecule has 0 bridgehead atoms. The number of amides is 1. The molecule has 1 aliphatic heterocycles. The number of carbonyl (C=O) groups excluding carboxylic acids is 1. The molecule has 1 aromatic rings. The summed E-state index contributed by atoms with van der Waals surface area (Å²) < 4.78 is 0. The van der Waals surface area contributed by atoms with E-state index < -0.39 is 0 Å². The summed E-state index contributed by atoms with van der Waals surface area (Å²) in [6.45, 7) is 2.18. The maximum Gasteiger partial charge on any atom is 0.230 e. The number of carbonyl (C=O) groups is 1. The minimum Gasteiger partial charge on any atom is -0.356 e. The number of fused-ring (bicyclic) bond motifs is 1. The van der Waals surface area contributed by atoms with Gasteiger partial charge in [-0.3, -0.25) is 4.79 Å². The molecule has 1 saturated carbocycles. The summed E-state index contributed by atoms with van der Waals surface area (Å²) in [4.78, 5) is 21.3. The smallest absolute Gasteiger partial charge is 0.230 e. The molecule has 2 aliphatic rings. The van der Waals surface area contributed by atoms with Crippen molar-refractivity contribution in [1.82, 2.24) is 4.98 Å². The van der Waals surface area contributed by atoms with Crippen LogP contribution in [0.15, 0.2) is 18.3 Å². The Morgan fingerprint density at radius 3 is 2.86 bits per heavy atom. The van der Waals surface area contributed by atoms with Gasteiger partial charge in [-0.15, -0.1) is 24.8 Å². The van der Waals surface area contributed by atoms with Crippen LogP contribution in [-0.4, -0.2) is 37.6 Å². The van der Waals surface area contributed by atoms with Gasteiger partial charge in [-0.05, 0) is 37.4 Å². The molecule has 1 aliphatic carbocycles. The fourth-order valence-electron chi connectivity index (χ4n) is 3.44. The van der Waals surface area contributed by atoms with Crippen LogP contribution in [0.25, 0.3) is 0 Å². The Hall–Kier alpha value is -1.04. The van der Waals surface area contributed by atoms with Crippen molar-refractivity contribution in [3.63, 3.8) is 0 Å². The standard InChI is InChI=1S/C15H22N4O.2ClH/c1-18-8-9-19(13-6-3-7-17-14(13)18)15(20)12-5-2-4-11(12)10-16;;/h3,6-7,11-12H,2,4-5,8-10,16H2,1H3;2*1H/t11-,12-;;/m1../s1. The Morgan fingerprint density at radius 2 is 2.14 bits per heavy atom.